The molecule has 1 aromatic rings. The van der Waals surface area contributed by atoms with Crippen LogP contribution in [0.3, 0.4) is 0 Å². The van der Waals surface area contributed by atoms with E-state index in [-0.39, 0.29) is 12.5 Å². The van der Waals surface area contributed by atoms with Gasteiger partial charge in [-0.25, -0.2) is 4.79 Å². The van der Waals surface area contributed by atoms with Crippen molar-refractivity contribution in [2.24, 2.45) is 0 Å². The zero-order chi connectivity index (χ0) is 14.3. The highest BCUT2D eigenvalue weighted by atomic mass is 16.5. The van der Waals surface area contributed by atoms with Gasteiger partial charge in [-0.3, -0.25) is 4.79 Å². The van der Waals surface area contributed by atoms with Gasteiger partial charge in [-0.05, 0) is 25.1 Å². The van der Waals surface area contributed by atoms with Crippen LogP contribution in [-0.4, -0.2) is 39.2 Å². The Hall–Kier alpha value is -2.24. The Bertz CT molecular complexity index is 458. The number of rotatable bonds is 6. The Labute approximate surface area is 111 Å². The number of likely N-dealkylation sites (N-methyl/N-ethyl adjacent to an activating group) is 1. The van der Waals surface area contributed by atoms with Crippen molar-refractivity contribution in [3.05, 3.63) is 23.8 Å². The normalized spacial score (nSPS) is 9.63. The summed E-state index contributed by atoms with van der Waals surface area (Å²) in [5.41, 5.74) is 0.296. The molecule has 0 fully saturated rings. The fourth-order valence-corrected chi connectivity index (χ4v) is 1.36. The second-order valence-corrected chi connectivity index (χ2v) is 3.55. The number of ether oxygens (including phenoxy) is 3. The lowest BCUT2D eigenvalue weighted by molar-refractivity contribution is -0.123. The Morgan fingerprint density at radius 1 is 1.26 bits per heavy atom. The summed E-state index contributed by atoms with van der Waals surface area (Å²) >= 11 is 0. The molecule has 0 aliphatic carbocycles. The SMILES string of the molecule is CCOc1ccc(C(=O)OCC(=O)NC)cc1OC. The number of carbonyl (C=O) groups excluding carboxylic acids is 2. The predicted octanol–water partition coefficient (Wildman–Crippen LogP) is 0.997. The maximum absolute atomic E-state index is 11.7. The predicted molar refractivity (Wildman–Crippen MR) is 68.5 cm³/mol. The minimum atomic E-state index is -0.593. The molecule has 0 aliphatic rings. The third-order valence-electron chi connectivity index (χ3n) is 2.31. The minimum Gasteiger partial charge on any atom is -0.493 e. The molecule has 0 atom stereocenters. The van der Waals surface area contributed by atoms with Crippen molar-refractivity contribution in [1.82, 2.24) is 5.32 Å². The van der Waals surface area contributed by atoms with Crippen LogP contribution in [0.4, 0.5) is 0 Å². The molecular formula is C13H17NO5. The smallest absolute Gasteiger partial charge is 0.338 e. The van der Waals surface area contributed by atoms with Gasteiger partial charge in [0.05, 0.1) is 19.3 Å². The molecule has 0 aromatic heterocycles. The number of nitrogens with one attached hydrogen (secondary N) is 1. The molecule has 0 bridgehead atoms. The lowest BCUT2D eigenvalue weighted by Crippen LogP contribution is -2.25. The van der Waals surface area contributed by atoms with Crippen LogP contribution in [-0.2, 0) is 9.53 Å². The summed E-state index contributed by atoms with van der Waals surface area (Å²) in [6.45, 7) is 2.03. The number of carbonyl (C=O) groups is 2. The molecule has 1 amide bonds. The molecular weight excluding hydrogens is 250 g/mol. The second kappa shape index (κ2) is 7.25. The Balaban J connectivity index is 2.78. The van der Waals surface area contributed by atoms with Crippen LogP contribution >= 0.6 is 0 Å². The minimum absolute atomic E-state index is 0.296. The average Bonchev–Trinajstić information content (AvgIpc) is 2.44. The van der Waals surface area contributed by atoms with Gasteiger partial charge in [-0.15, -0.1) is 0 Å². The van der Waals surface area contributed by atoms with Crippen molar-refractivity contribution in [1.29, 1.82) is 0 Å². The first-order valence-electron chi connectivity index (χ1n) is 5.80. The maximum atomic E-state index is 11.7. The quantitative estimate of drug-likeness (QED) is 0.778. The Kier molecular flexibility index (Phi) is 5.66. The molecule has 1 rings (SSSR count). The number of amides is 1. The van der Waals surface area contributed by atoms with E-state index in [0.29, 0.717) is 23.7 Å². The van der Waals surface area contributed by atoms with Crippen LogP contribution in [0.25, 0.3) is 0 Å². The van der Waals surface area contributed by atoms with E-state index in [2.05, 4.69) is 5.32 Å². The maximum Gasteiger partial charge on any atom is 0.338 e. The molecule has 19 heavy (non-hydrogen) atoms. The summed E-state index contributed by atoms with van der Waals surface area (Å²) < 4.78 is 15.3. The highest BCUT2D eigenvalue weighted by Crippen LogP contribution is 2.28. The standard InChI is InChI=1S/C13H17NO5/c1-4-18-10-6-5-9(7-11(10)17-3)13(16)19-8-12(15)14-2/h5-7H,4,8H2,1-3H3,(H,14,15). The first-order valence-corrected chi connectivity index (χ1v) is 5.80. The molecule has 0 saturated carbocycles. The van der Waals surface area contributed by atoms with Crippen molar-refractivity contribution in [2.45, 2.75) is 6.92 Å². The highest BCUT2D eigenvalue weighted by Gasteiger charge is 2.13. The third kappa shape index (κ3) is 4.17. The lowest BCUT2D eigenvalue weighted by atomic mass is 10.2. The molecule has 0 spiro atoms. The summed E-state index contributed by atoms with van der Waals surface area (Å²) in [6.07, 6.45) is 0. The molecule has 0 unspecified atom stereocenters. The Morgan fingerprint density at radius 3 is 2.58 bits per heavy atom. The monoisotopic (exact) mass is 267 g/mol. The molecule has 1 aromatic carbocycles. The van der Waals surface area contributed by atoms with Gasteiger partial charge in [0.1, 0.15) is 0 Å². The van der Waals surface area contributed by atoms with Gasteiger partial charge < -0.3 is 19.5 Å². The fourth-order valence-electron chi connectivity index (χ4n) is 1.36. The zero-order valence-corrected chi connectivity index (χ0v) is 11.2. The molecule has 0 heterocycles. The van der Waals surface area contributed by atoms with Crippen LogP contribution in [0.15, 0.2) is 18.2 Å². The summed E-state index contributed by atoms with van der Waals surface area (Å²) in [7, 11) is 2.95. The van der Waals surface area contributed by atoms with E-state index in [1.54, 1.807) is 12.1 Å². The summed E-state index contributed by atoms with van der Waals surface area (Å²) in [6, 6.07) is 4.69. The zero-order valence-electron chi connectivity index (χ0n) is 11.2. The van der Waals surface area contributed by atoms with Gasteiger partial charge in [0.15, 0.2) is 18.1 Å². The molecule has 6 heteroatoms. The van der Waals surface area contributed by atoms with Crippen LogP contribution in [0.5, 0.6) is 11.5 Å². The van der Waals surface area contributed by atoms with Crippen molar-refractivity contribution < 1.29 is 23.8 Å². The molecule has 104 valence electrons. The van der Waals surface area contributed by atoms with Crippen LogP contribution in [0, 0.1) is 0 Å². The second-order valence-electron chi connectivity index (χ2n) is 3.55. The van der Waals surface area contributed by atoms with E-state index in [1.165, 1.54) is 20.2 Å². The largest absolute Gasteiger partial charge is 0.493 e. The van der Waals surface area contributed by atoms with Gasteiger partial charge in [-0.1, -0.05) is 0 Å². The summed E-state index contributed by atoms with van der Waals surface area (Å²) in [4.78, 5) is 22.7. The number of methoxy groups -OCH3 is 1. The van der Waals surface area contributed by atoms with Crippen LogP contribution < -0.4 is 14.8 Å². The van der Waals surface area contributed by atoms with Crippen molar-refractivity contribution >= 4 is 11.9 Å². The molecule has 0 aliphatic heterocycles. The van der Waals surface area contributed by atoms with Crippen LogP contribution in [0.2, 0.25) is 0 Å². The van der Waals surface area contributed by atoms with E-state index in [0.717, 1.165) is 0 Å². The van der Waals surface area contributed by atoms with Crippen molar-refractivity contribution in [2.75, 3.05) is 27.4 Å². The molecule has 0 radical (unpaired) electrons. The van der Waals surface area contributed by atoms with Crippen LogP contribution in [0.1, 0.15) is 17.3 Å². The van der Waals surface area contributed by atoms with Crippen molar-refractivity contribution in [3.63, 3.8) is 0 Å². The highest BCUT2D eigenvalue weighted by molar-refractivity contribution is 5.92. The molecule has 1 N–H and O–H groups in total. The van der Waals surface area contributed by atoms with Crippen molar-refractivity contribution in [3.8, 4) is 11.5 Å². The molecule has 0 saturated heterocycles. The lowest BCUT2D eigenvalue weighted by Gasteiger charge is -2.10. The number of hydrogen-bond donors (Lipinski definition) is 1. The summed E-state index contributed by atoms with van der Waals surface area (Å²) in [5, 5.41) is 2.36. The fraction of sp³-hybridized carbons (Fsp3) is 0.385. The van der Waals surface area contributed by atoms with Gasteiger partial charge >= 0.3 is 5.97 Å². The number of benzene rings is 1. The van der Waals surface area contributed by atoms with Gasteiger partial charge in [-0.2, -0.15) is 0 Å². The van der Waals surface area contributed by atoms with E-state index >= 15 is 0 Å². The number of esters is 1. The third-order valence-corrected chi connectivity index (χ3v) is 2.31. The van der Waals surface area contributed by atoms with E-state index < -0.39 is 5.97 Å². The number of hydrogen-bond acceptors (Lipinski definition) is 5. The first kappa shape index (κ1) is 14.8. The van der Waals surface area contributed by atoms with E-state index in [1.807, 2.05) is 6.92 Å². The van der Waals surface area contributed by atoms with E-state index in [4.69, 9.17) is 14.2 Å². The topological polar surface area (TPSA) is 73.9 Å². The van der Waals surface area contributed by atoms with E-state index in [9.17, 15) is 9.59 Å². The van der Waals surface area contributed by atoms with Gasteiger partial charge in [0.25, 0.3) is 5.91 Å². The summed E-state index contributed by atoms with van der Waals surface area (Å²) in [5.74, 6) is 0.0281. The first-order chi connectivity index (χ1) is 9.12. The average molecular weight is 267 g/mol. The Morgan fingerprint density at radius 2 is 2.00 bits per heavy atom. The van der Waals surface area contributed by atoms with Gasteiger partial charge in [0.2, 0.25) is 0 Å². The van der Waals surface area contributed by atoms with Gasteiger partial charge in [0, 0.05) is 7.05 Å². The molecule has 6 nitrogen and oxygen atoms in total.